The van der Waals surface area contributed by atoms with Gasteiger partial charge in [-0.05, 0) is 55.0 Å². The number of halogens is 5. The smallest absolute Gasteiger partial charge is 0.429 e. The van der Waals surface area contributed by atoms with Crippen molar-refractivity contribution in [3.63, 3.8) is 0 Å². The summed E-state index contributed by atoms with van der Waals surface area (Å²) in [5.74, 6) is -0.524. The second-order valence-corrected chi connectivity index (χ2v) is 9.33. The summed E-state index contributed by atoms with van der Waals surface area (Å²) in [6.07, 6.45) is -4.52. The quantitative estimate of drug-likeness (QED) is 0.287. The molecule has 2 rings (SSSR count). The van der Waals surface area contributed by atoms with Crippen molar-refractivity contribution in [2.24, 2.45) is 0 Å². The van der Waals surface area contributed by atoms with E-state index in [1.54, 1.807) is 20.8 Å². The summed E-state index contributed by atoms with van der Waals surface area (Å²) in [6.45, 7) is 5.17. The van der Waals surface area contributed by atoms with Crippen molar-refractivity contribution in [3.05, 3.63) is 52.6 Å². The van der Waals surface area contributed by atoms with Crippen molar-refractivity contribution >= 4 is 46.4 Å². The van der Waals surface area contributed by atoms with Gasteiger partial charge in [0.15, 0.2) is 0 Å². The van der Waals surface area contributed by atoms with Crippen LogP contribution in [0.3, 0.4) is 0 Å². The van der Waals surface area contributed by atoms with Crippen LogP contribution < -0.4 is 10.9 Å². The number of aromatic nitrogens is 1. The van der Waals surface area contributed by atoms with Gasteiger partial charge < -0.3 is 14.7 Å². The molecule has 0 fully saturated rings. The van der Waals surface area contributed by atoms with Gasteiger partial charge in [-0.2, -0.15) is 13.2 Å². The van der Waals surface area contributed by atoms with Gasteiger partial charge in [-0.15, -0.1) is 9.24 Å². The molecular weight excluding hydrogens is 442 g/mol. The van der Waals surface area contributed by atoms with E-state index in [2.05, 4.69) is 14.2 Å². The third kappa shape index (κ3) is 6.17. The van der Waals surface area contributed by atoms with Crippen molar-refractivity contribution in [1.82, 2.24) is 4.98 Å². The minimum absolute atomic E-state index is 0.0766. The Morgan fingerprint density at radius 1 is 1.17 bits per heavy atom. The third-order valence-electron chi connectivity index (χ3n) is 4.90. The lowest BCUT2D eigenvalue weighted by Gasteiger charge is -2.42. The van der Waals surface area contributed by atoms with Gasteiger partial charge >= 0.3 is 20.8 Å². The summed E-state index contributed by atoms with van der Waals surface area (Å²) in [5.41, 5.74) is -1.67. The molecule has 161 valence electrons. The highest BCUT2D eigenvalue weighted by molar-refractivity contribution is 7.19. The van der Waals surface area contributed by atoms with E-state index in [0.717, 1.165) is 19.6 Å². The van der Waals surface area contributed by atoms with Gasteiger partial charge in [0.05, 0.1) is 5.60 Å². The van der Waals surface area contributed by atoms with E-state index in [9.17, 15) is 27.6 Å². The molecule has 2 unspecified atom stereocenters. The van der Waals surface area contributed by atoms with Crippen molar-refractivity contribution in [2.45, 2.75) is 44.1 Å². The number of hydrogen-bond donors (Lipinski definition) is 2. The van der Waals surface area contributed by atoms with E-state index in [4.69, 9.17) is 16.3 Å². The van der Waals surface area contributed by atoms with Crippen LogP contribution >= 0.6 is 20.8 Å². The molecule has 1 aromatic carbocycles. The zero-order valence-corrected chi connectivity index (χ0v) is 18.4. The highest BCUT2D eigenvalue weighted by Gasteiger charge is 2.39. The van der Waals surface area contributed by atoms with Crippen molar-refractivity contribution in [2.75, 3.05) is 0 Å². The number of benzene rings is 1. The van der Waals surface area contributed by atoms with Crippen LogP contribution in [0.4, 0.5) is 17.6 Å². The molecule has 0 spiro atoms. The minimum atomic E-state index is -4.65. The molecule has 0 aliphatic rings. The Labute approximate surface area is 180 Å². The lowest BCUT2D eigenvalue weighted by molar-refractivity contribution is -0.141. The molecule has 0 aliphatic carbocycles. The normalized spacial score (nSPS) is 14.4. The summed E-state index contributed by atoms with van der Waals surface area (Å²) in [4.78, 5) is 3.26. The summed E-state index contributed by atoms with van der Waals surface area (Å²) in [6, 6.07) is 5.81. The minimum Gasteiger partial charge on any atom is -0.429 e. The van der Waals surface area contributed by atoms with Crippen molar-refractivity contribution in [1.29, 1.82) is 0 Å². The zero-order chi connectivity index (χ0) is 22.9. The SMILES string of the molecule is CC(P)(Cc1cc(B(O)O)ccc1F)C(C)(C)O[B]c1cc(Cl)nc(C(F)(F)F)c1. The number of alkyl halides is 3. The molecule has 0 bridgehead atoms. The highest BCUT2D eigenvalue weighted by atomic mass is 35.5. The molecule has 2 atom stereocenters. The van der Waals surface area contributed by atoms with Crippen molar-refractivity contribution < 1.29 is 32.3 Å². The maximum atomic E-state index is 14.3. The molecule has 12 heteroatoms. The van der Waals surface area contributed by atoms with Crippen LogP contribution in [-0.4, -0.2) is 40.4 Å². The number of nitrogens with zero attached hydrogens (tertiary/aromatic N) is 1. The molecule has 4 nitrogen and oxygen atoms in total. The summed E-state index contributed by atoms with van der Waals surface area (Å²) < 4.78 is 58.8. The highest BCUT2D eigenvalue weighted by Crippen LogP contribution is 2.37. The van der Waals surface area contributed by atoms with E-state index < -0.39 is 35.6 Å². The van der Waals surface area contributed by atoms with Crippen molar-refractivity contribution in [3.8, 4) is 0 Å². The lowest BCUT2D eigenvalue weighted by atomic mass is 9.77. The predicted octanol–water partition coefficient (Wildman–Crippen LogP) is 2.49. The number of hydrogen-bond acceptors (Lipinski definition) is 4. The van der Waals surface area contributed by atoms with Gasteiger partial charge in [0, 0.05) is 5.16 Å². The van der Waals surface area contributed by atoms with E-state index in [1.807, 2.05) is 0 Å². The van der Waals surface area contributed by atoms with E-state index in [0.29, 0.717) is 0 Å². The first kappa shape index (κ1) is 25.1. The first-order valence-corrected chi connectivity index (χ1v) is 9.77. The fourth-order valence-corrected chi connectivity index (χ4v) is 3.08. The second kappa shape index (κ2) is 9.13. The van der Waals surface area contributed by atoms with Gasteiger partial charge in [0.1, 0.15) is 16.7 Å². The maximum absolute atomic E-state index is 14.3. The maximum Gasteiger partial charge on any atom is 0.488 e. The van der Waals surface area contributed by atoms with Gasteiger partial charge in [-0.1, -0.05) is 30.7 Å². The van der Waals surface area contributed by atoms with Crippen LogP contribution in [0.15, 0.2) is 30.3 Å². The van der Waals surface area contributed by atoms with Gasteiger partial charge in [-0.3, -0.25) is 0 Å². The Kier molecular flexibility index (Phi) is 7.63. The van der Waals surface area contributed by atoms with Crippen LogP contribution in [0.5, 0.6) is 0 Å². The Balaban J connectivity index is 2.20. The molecular formula is C18H20B2ClF4NO3P. The van der Waals surface area contributed by atoms with Crippen LogP contribution in [0.1, 0.15) is 32.0 Å². The Bertz CT molecular complexity index is 913. The average molecular weight is 462 g/mol. The molecule has 0 saturated carbocycles. The zero-order valence-electron chi connectivity index (χ0n) is 16.5. The van der Waals surface area contributed by atoms with Crippen LogP contribution in [0, 0.1) is 5.82 Å². The lowest BCUT2D eigenvalue weighted by Crippen LogP contribution is -2.49. The molecule has 0 saturated heterocycles. The molecule has 0 aliphatic heterocycles. The first-order chi connectivity index (χ1) is 13.6. The van der Waals surface area contributed by atoms with E-state index >= 15 is 0 Å². The van der Waals surface area contributed by atoms with Gasteiger partial charge in [-0.25, -0.2) is 9.37 Å². The molecule has 1 heterocycles. The van der Waals surface area contributed by atoms with E-state index in [-0.39, 0.29) is 28.1 Å². The summed E-state index contributed by atoms with van der Waals surface area (Å²) >= 11 is 5.69. The standard InChI is InChI=1S/C18H20B2ClF4NO3P/c1-16(2,29-19-11-7-14(18(23,24)25)26-15(21)8-11)17(3,30)9-10-6-12(20(27)28)4-5-13(10)22/h4-8,27-28H,9,30H2,1-3H3. The topological polar surface area (TPSA) is 62.6 Å². The van der Waals surface area contributed by atoms with E-state index in [1.165, 1.54) is 18.2 Å². The largest absolute Gasteiger partial charge is 0.488 e. The fourth-order valence-electron chi connectivity index (χ4n) is 2.58. The second-order valence-electron chi connectivity index (χ2n) is 7.67. The Morgan fingerprint density at radius 2 is 1.80 bits per heavy atom. The van der Waals surface area contributed by atoms with Crippen LogP contribution in [0.2, 0.25) is 5.15 Å². The van der Waals surface area contributed by atoms with Crippen LogP contribution in [-0.2, 0) is 17.3 Å². The molecule has 0 amide bonds. The Hall–Kier alpha value is -1.18. The average Bonchev–Trinajstić information content (AvgIpc) is 2.60. The fraction of sp³-hybridized carbons (Fsp3) is 0.389. The number of pyridine rings is 1. The predicted molar refractivity (Wildman–Crippen MR) is 113 cm³/mol. The number of rotatable bonds is 7. The molecule has 2 N–H and O–H groups in total. The molecule has 30 heavy (non-hydrogen) atoms. The molecule has 2 aromatic rings. The van der Waals surface area contributed by atoms with Gasteiger partial charge in [0.2, 0.25) is 0 Å². The Morgan fingerprint density at radius 3 is 2.37 bits per heavy atom. The van der Waals surface area contributed by atoms with Gasteiger partial charge in [0.25, 0.3) is 0 Å². The summed E-state index contributed by atoms with van der Waals surface area (Å²) in [7, 11) is 1.98. The van der Waals surface area contributed by atoms with Crippen LogP contribution in [0.25, 0.3) is 0 Å². The summed E-state index contributed by atoms with van der Waals surface area (Å²) in [5, 5.41) is 17.5. The first-order valence-electron chi connectivity index (χ1n) is 8.81. The molecule has 1 radical (unpaired) electrons. The monoisotopic (exact) mass is 462 g/mol. The molecule has 1 aromatic heterocycles. The third-order valence-corrected chi connectivity index (χ3v) is 5.99.